The molecule has 0 aliphatic heterocycles. The van der Waals surface area contributed by atoms with E-state index < -0.39 is 0 Å². The zero-order valence-electron chi connectivity index (χ0n) is 15.1. The topological polar surface area (TPSA) is 27.1 Å². The number of aromatic nitrogens is 2. The molecule has 0 aliphatic carbocycles. The van der Waals surface area contributed by atoms with Crippen LogP contribution in [0.5, 0.6) is 5.75 Å². The Balaban J connectivity index is 1.52. The molecule has 0 aliphatic rings. The first-order valence-corrected chi connectivity index (χ1v) is 9.79. The van der Waals surface area contributed by atoms with Crippen LogP contribution in [0.3, 0.4) is 0 Å². The summed E-state index contributed by atoms with van der Waals surface area (Å²) in [6.07, 6.45) is 0.937. The molecule has 0 saturated heterocycles. The summed E-state index contributed by atoms with van der Waals surface area (Å²) < 4.78 is 8.34. The molecule has 132 valence electrons. The second-order valence-electron chi connectivity index (χ2n) is 6.52. The largest absolute Gasteiger partial charge is 0.493 e. The maximum atomic E-state index is 6.03. The third-order valence-corrected chi connectivity index (χ3v) is 5.39. The molecule has 0 bridgehead atoms. The van der Waals surface area contributed by atoms with Crippen LogP contribution >= 0.6 is 11.3 Å². The molecule has 0 radical (unpaired) electrons. The standard InChI is InChI=1S/C22H22N2OS/c1-16-10-11-17(2)20(15-16)25-13-6-12-24-19-8-4-3-7-18(19)23-22(24)21-9-5-14-26-21/h3-5,7-11,14-15H,6,12-13H2,1-2H3. The van der Waals surface area contributed by atoms with Crippen LogP contribution in [0.1, 0.15) is 17.5 Å². The van der Waals surface area contributed by atoms with Crippen molar-refractivity contribution in [2.24, 2.45) is 0 Å². The summed E-state index contributed by atoms with van der Waals surface area (Å²) in [5.41, 5.74) is 4.64. The van der Waals surface area contributed by atoms with E-state index in [0.717, 1.165) is 30.1 Å². The van der Waals surface area contributed by atoms with Crippen LogP contribution in [0.4, 0.5) is 0 Å². The van der Waals surface area contributed by atoms with E-state index in [4.69, 9.17) is 9.72 Å². The Morgan fingerprint density at radius 1 is 1.04 bits per heavy atom. The highest BCUT2D eigenvalue weighted by atomic mass is 32.1. The van der Waals surface area contributed by atoms with Crippen LogP contribution < -0.4 is 4.74 Å². The minimum absolute atomic E-state index is 0.695. The van der Waals surface area contributed by atoms with E-state index in [1.807, 2.05) is 6.07 Å². The highest BCUT2D eigenvalue weighted by molar-refractivity contribution is 7.13. The summed E-state index contributed by atoms with van der Waals surface area (Å²) in [5, 5.41) is 2.10. The Morgan fingerprint density at radius 2 is 1.92 bits per heavy atom. The number of hydrogen-bond donors (Lipinski definition) is 0. The molecule has 0 atom stereocenters. The van der Waals surface area contributed by atoms with Gasteiger partial charge in [0.2, 0.25) is 0 Å². The number of hydrogen-bond acceptors (Lipinski definition) is 3. The molecule has 2 heterocycles. The quantitative estimate of drug-likeness (QED) is 0.402. The van der Waals surface area contributed by atoms with Crippen molar-refractivity contribution in [3.63, 3.8) is 0 Å². The van der Waals surface area contributed by atoms with Gasteiger partial charge < -0.3 is 9.30 Å². The second-order valence-corrected chi connectivity index (χ2v) is 7.47. The van der Waals surface area contributed by atoms with Crippen LogP contribution in [0, 0.1) is 13.8 Å². The van der Waals surface area contributed by atoms with Crippen molar-refractivity contribution in [2.75, 3.05) is 6.61 Å². The molecular weight excluding hydrogens is 340 g/mol. The summed E-state index contributed by atoms with van der Waals surface area (Å²) in [6.45, 7) is 5.77. The molecule has 0 spiro atoms. The van der Waals surface area contributed by atoms with E-state index in [-0.39, 0.29) is 0 Å². The Morgan fingerprint density at radius 3 is 2.77 bits per heavy atom. The molecular formula is C22H22N2OS. The van der Waals surface area contributed by atoms with E-state index >= 15 is 0 Å². The lowest BCUT2D eigenvalue weighted by atomic mass is 10.1. The van der Waals surface area contributed by atoms with Crippen LogP contribution in [0.15, 0.2) is 60.0 Å². The van der Waals surface area contributed by atoms with Crippen molar-refractivity contribution >= 4 is 22.4 Å². The third-order valence-electron chi connectivity index (χ3n) is 4.52. The lowest BCUT2D eigenvalue weighted by Crippen LogP contribution is -2.06. The van der Waals surface area contributed by atoms with Crippen molar-refractivity contribution < 1.29 is 4.74 Å². The summed E-state index contributed by atoms with van der Waals surface area (Å²) in [6, 6.07) is 18.9. The summed E-state index contributed by atoms with van der Waals surface area (Å²) in [7, 11) is 0. The average Bonchev–Trinajstić information content (AvgIpc) is 3.29. The van der Waals surface area contributed by atoms with E-state index in [1.54, 1.807) is 11.3 Å². The van der Waals surface area contributed by atoms with Crippen LogP contribution in [-0.4, -0.2) is 16.2 Å². The molecule has 4 aromatic rings. The molecule has 0 unspecified atom stereocenters. The van der Waals surface area contributed by atoms with Crippen molar-refractivity contribution in [3.8, 4) is 16.5 Å². The fourth-order valence-corrected chi connectivity index (χ4v) is 3.89. The molecule has 0 saturated carbocycles. The number of imidazole rings is 1. The summed E-state index contributed by atoms with van der Waals surface area (Å²) in [4.78, 5) is 6.06. The molecule has 2 aromatic heterocycles. The monoisotopic (exact) mass is 362 g/mol. The van der Waals surface area contributed by atoms with Gasteiger partial charge >= 0.3 is 0 Å². The van der Waals surface area contributed by atoms with Crippen LogP contribution in [0.25, 0.3) is 21.7 Å². The minimum Gasteiger partial charge on any atom is -0.493 e. The number of thiophene rings is 1. The van der Waals surface area contributed by atoms with Crippen LogP contribution in [0.2, 0.25) is 0 Å². The van der Waals surface area contributed by atoms with Crippen molar-refractivity contribution in [1.82, 2.24) is 9.55 Å². The highest BCUT2D eigenvalue weighted by Crippen LogP contribution is 2.28. The predicted molar refractivity (Wildman–Crippen MR) is 109 cm³/mol. The number of nitrogens with zero attached hydrogens (tertiary/aromatic N) is 2. The van der Waals surface area contributed by atoms with E-state index in [1.165, 1.54) is 21.5 Å². The first kappa shape index (κ1) is 16.9. The fourth-order valence-electron chi connectivity index (χ4n) is 3.16. The van der Waals surface area contributed by atoms with Crippen molar-refractivity contribution in [3.05, 3.63) is 71.1 Å². The molecule has 26 heavy (non-hydrogen) atoms. The first-order chi connectivity index (χ1) is 12.7. The van der Waals surface area contributed by atoms with Crippen LogP contribution in [-0.2, 0) is 6.54 Å². The normalized spacial score (nSPS) is 11.2. The summed E-state index contributed by atoms with van der Waals surface area (Å²) in [5.74, 6) is 2.03. The van der Waals surface area contributed by atoms with E-state index in [0.29, 0.717) is 6.61 Å². The van der Waals surface area contributed by atoms with Gasteiger partial charge in [0.25, 0.3) is 0 Å². The number of ether oxygens (including phenoxy) is 1. The molecule has 4 rings (SSSR count). The Bertz CT molecular complexity index is 1020. The zero-order valence-corrected chi connectivity index (χ0v) is 15.9. The summed E-state index contributed by atoms with van der Waals surface area (Å²) >= 11 is 1.73. The Kier molecular flexibility index (Phi) is 4.76. The SMILES string of the molecule is Cc1ccc(C)c(OCCCn2c(-c3cccs3)nc3ccccc32)c1. The van der Waals surface area contributed by atoms with E-state index in [9.17, 15) is 0 Å². The molecule has 0 amide bonds. The average molecular weight is 362 g/mol. The number of aryl methyl sites for hydroxylation is 3. The zero-order chi connectivity index (χ0) is 17.9. The number of para-hydroxylation sites is 2. The smallest absolute Gasteiger partial charge is 0.151 e. The van der Waals surface area contributed by atoms with Gasteiger partial charge in [0.05, 0.1) is 22.5 Å². The first-order valence-electron chi connectivity index (χ1n) is 8.91. The lowest BCUT2D eigenvalue weighted by molar-refractivity contribution is 0.301. The maximum absolute atomic E-state index is 6.03. The Hall–Kier alpha value is -2.59. The van der Waals surface area contributed by atoms with Gasteiger partial charge in [-0.1, -0.05) is 30.3 Å². The van der Waals surface area contributed by atoms with Gasteiger partial charge in [-0.05, 0) is 61.0 Å². The van der Waals surface area contributed by atoms with Gasteiger partial charge in [0.15, 0.2) is 5.82 Å². The van der Waals surface area contributed by atoms with Gasteiger partial charge in [-0.3, -0.25) is 0 Å². The second kappa shape index (κ2) is 7.34. The molecule has 4 heteroatoms. The minimum atomic E-state index is 0.695. The lowest BCUT2D eigenvalue weighted by Gasteiger charge is -2.12. The number of benzene rings is 2. The maximum Gasteiger partial charge on any atom is 0.151 e. The van der Waals surface area contributed by atoms with E-state index in [2.05, 4.69) is 72.3 Å². The predicted octanol–water partition coefficient (Wildman–Crippen LogP) is 5.85. The molecule has 3 nitrogen and oxygen atoms in total. The van der Waals surface area contributed by atoms with Gasteiger partial charge in [0.1, 0.15) is 5.75 Å². The number of fused-ring (bicyclic) bond motifs is 1. The third kappa shape index (κ3) is 3.37. The van der Waals surface area contributed by atoms with Gasteiger partial charge in [-0.25, -0.2) is 4.98 Å². The molecule has 2 aromatic carbocycles. The van der Waals surface area contributed by atoms with Gasteiger partial charge in [0, 0.05) is 6.54 Å². The fraction of sp³-hybridized carbons (Fsp3) is 0.227. The highest BCUT2D eigenvalue weighted by Gasteiger charge is 2.13. The number of rotatable bonds is 6. The Labute approximate surface area is 157 Å². The van der Waals surface area contributed by atoms with Crippen molar-refractivity contribution in [1.29, 1.82) is 0 Å². The van der Waals surface area contributed by atoms with Gasteiger partial charge in [-0.2, -0.15) is 0 Å². The van der Waals surface area contributed by atoms with Crippen molar-refractivity contribution in [2.45, 2.75) is 26.8 Å². The molecule has 0 fully saturated rings. The molecule has 0 N–H and O–H groups in total. The van der Waals surface area contributed by atoms with Gasteiger partial charge in [-0.15, -0.1) is 11.3 Å².